The number of methoxy groups -OCH3 is 2. The molecule has 44 heavy (non-hydrogen) atoms. The molecule has 4 unspecified atom stereocenters. The Hall–Kier alpha value is -2.55. The van der Waals surface area contributed by atoms with E-state index in [1.165, 1.54) is 62.3 Å². The van der Waals surface area contributed by atoms with Crippen LogP contribution in [0.3, 0.4) is 0 Å². The second kappa shape index (κ2) is 14.3. The van der Waals surface area contributed by atoms with Crippen molar-refractivity contribution in [2.75, 3.05) is 20.8 Å². The van der Waals surface area contributed by atoms with Crippen LogP contribution < -0.4 is 23.7 Å². The van der Waals surface area contributed by atoms with Crippen molar-refractivity contribution < 1.29 is 33.2 Å². The first-order valence-corrected chi connectivity index (χ1v) is 24.0. The maximum absolute atomic E-state index is 12.5. The summed E-state index contributed by atoms with van der Waals surface area (Å²) >= 11 is -2.75. The fraction of sp³-hybridized carbons (Fsp3) is 0.583. The van der Waals surface area contributed by atoms with Gasteiger partial charge in [-0.3, -0.25) is 0 Å². The van der Waals surface area contributed by atoms with Crippen LogP contribution in [0.5, 0.6) is 28.7 Å². The van der Waals surface area contributed by atoms with Gasteiger partial charge in [0.2, 0.25) is 0 Å². The van der Waals surface area contributed by atoms with Gasteiger partial charge < -0.3 is 4.74 Å². The summed E-state index contributed by atoms with van der Waals surface area (Å²) in [6, 6.07) is 7.81. The Labute approximate surface area is 267 Å². The van der Waals surface area contributed by atoms with Crippen LogP contribution in [0.1, 0.15) is 94.9 Å². The van der Waals surface area contributed by atoms with Gasteiger partial charge in [-0.2, -0.15) is 0 Å². The quantitative estimate of drug-likeness (QED) is 0.144. The van der Waals surface area contributed by atoms with Crippen molar-refractivity contribution in [1.29, 1.82) is 0 Å². The third-order valence-electron chi connectivity index (χ3n) is 9.88. The first-order valence-electron chi connectivity index (χ1n) is 16.5. The van der Waals surface area contributed by atoms with Crippen LogP contribution >= 0.6 is 0 Å². The SMILES string of the molecule is C=[C](C1Cc2c(ccc3c2OC2COc4cc(OC)c(OC)cc4C2C3OC(C)=O)O1)[Sn]([CH2]CCC)([CH2]CCC)[CH2]CCC. The molecule has 240 valence electrons. The van der Waals surface area contributed by atoms with Crippen molar-refractivity contribution in [2.24, 2.45) is 0 Å². The van der Waals surface area contributed by atoms with Crippen molar-refractivity contribution in [1.82, 2.24) is 0 Å². The first-order chi connectivity index (χ1) is 21.3. The monoisotopic (exact) mass is 714 g/mol. The molecule has 0 spiro atoms. The van der Waals surface area contributed by atoms with Crippen LogP contribution in [0.2, 0.25) is 13.3 Å². The molecule has 0 radical (unpaired) electrons. The average molecular weight is 713 g/mol. The minimum atomic E-state index is -2.75. The maximum atomic E-state index is 12.5. The Kier molecular flexibility index (Phi) is 10.6. The third-order valence-corrected chi connectivity index (χ3v) is 25.9. The number of fused-ring (bicyclic) bond motifs is 6. The predicted molar refractivity (Wildman–Crippen MR) is 175 cm³/mol. The number of hydrogen-bond acceptors (Lipinski definition) is 7. The number of carbonyl (C=O) groups is 1. The molecule has 8 heteroatoms. The van der Waals surface area contributed by atoms with Gasteiger partial charge in [0.1, 0.15) is 0 Å². The minimum absolute atomic E-state index is 0.0218. The van der Waals surface area contributed by atoms with E-state index in [2.05, 4.69) is 20.8 Å². The number of benzene rings is 2. The predicted octanol–water partition coefficient (Wildman–Crippen LogP) is 8.49. The molecule has 3 aliphatic rings. The second-order valence-corrected chi connectivity index (χ2v) is 26.1. The topological polar surface area (TPSA) is 72.5 Å². The molecule has 0 N–H and O–H groups in total. The van der Waals surface area contributed by atoms with Gasteiger partial charge in [-0.1, -0.05) is 0 Å². The van der Waals surface area contributed by atoms with Crippen molar-refractivity contribution in [3.8, 4) is 28.7 Å². The van der Waals surface area contributed by atoms with Gasteiger partial charge in [0.05, 0.1) is 14.2 Å². The van der Waals surface area contributed by atoms with Gasteiger partial charge in [-0.15, -0.1) is 0 Å². The van der Waals surface area contributed by atoms with E-state index in [4.69, 9.17) is 35.0 Å². The molecule has 0 aliphatic carbocycles. The van der Waals surface area contributed by atoms with Crippen molar-refractivity contribution in [3.63, 3.8) is 0 Å². The summed E-state index contributed by atoms with van der Waals surface area (Å²) in [7, 11) is 3.22. The molecule has 0 fully saturated rings. The Morgan fingerprint density at radius 1 is 0.909 bits per heavy atom. The van der Waals surface area contributed by atoms with Crippen molar-refractivity contribution in [3.05, 3.63) is 51.1 Å². The summed E-state index contributed by atoms with van der Waals surface area (Å²) in [6.45, 7) is 13.6. The second-order valence-electron chi connectivity index (χ2n) is 12.7. The molecular weight excluding hydrogens is 663 g/mol. The first kappa shape index (κ1) is 32.8. The molecule has 7 nitrogen and oxygen atoms in total. The fourth-order valence-corrected chi connectivity index (χ4v) is 23.6. The molecule has 2 aromatic rings. The molecule has 4 atom stereocenters. The van der Waals surface area contributed by atoms with Crippen molar-refractivity contribution >= 4 is 24.3 Å². The number of carbonyl (C=O) groups excluding carboxylic acids is 1. The molecule has 0 saturated heterocycles. The Balaban J connectivity index is 1.50. The normalized spacial score (nSPS) is 21.4. The molecule has 2 aromatic carbocycles. The molecule has 3 heterocycles. The fourth-order valence-electron chi connectivity index (χ4n) is 7.48. The summed E-state index contributed by atoms with van der Waals surface area (Å²) in [6.07, 6.45) is 7.36. The van der Waals surface area contributed by atoms with E-state index in [-0.39, 0.29) is 24.1 Å². The van der Waals surface area contributed by atoms with Crippen LogP contribution in [-0.4, -0.2) is 57.4 Å². The Bertz CT molecular complexity index is 1330. The summed E-state index contributed by atoms with van der Waals surface area (Å²) in [5, 5.41) is 0. The zero-order valence-corrected chi connectivity index (χ0v) is 30.3. The number of ether oxygens (including phenoxy) is 6. The molecule has 5 rings (SSSR count). The van der Waals surface area contributed by atoms with Crippen LogP contribution in [0.15, 0.2) is 34.4 Å². The van der Waals surface area contributed by atoms with E-state index in [0.29, 0.717) is 23.9 Å². The van der Waals surface area contributed by atoms with Crippen LogP contribution in [0.25, 0.3) is 0 Å². The van der Waals surface area contributed by atoms with Crippen LogP contribution in [0.4, 0.5) is 0 Å². The van der Waals surface area contributed by atoms with Crippen LogP contribution in [0, 0.1) is 0 Å². The molecule has 0 aromatic heterocycles. The number of hydrogen-bond donors (Lipinski definition) is 0. The summed E-state index contributed by atoms with van der Waals surface area (Å²) < 4.78 is 42.5. The van der Waals surface area contributed by atoms with Gasteiger partial charge in [-0.25, -0.2) is 0 Å². The Morgan fingerprint density at radius 3 is 2.14 bits per heavy atom. The molecule has 0 amide bonds. The van der Waals surface area contributed by atoms with Gasteiger partial charge in [0.15, 0.2) is 0 Å². The zero-order valence-electron chi connectivity index (χ0n) is 27.5. The third kappa shape index (κ3) is 6.27. The molecule has 0 saturated carbocycles. The van der Waals surface area contributed by atoms with E-state index in [1.807, 2.05) is 24.3 Å². The Morgan fingerprint density at radius 2 is 1.55 bits per heavy atom. The standard InChI is InChI=1S/C24H23O7.3C4H9.Sn/c1-5-13-8-16-17(30-13)7-6-14-23(16)31-21-11-28-18-10-20(27-4)19(26-3)9-15(18)22(21)24(14)29-12(2)25;3*1-3-4-2;/h6-7,9-10,13,21-22,24H,1,8,11H2,2-4H3;3*1,3-4H2,2H3;. The van der Waals surface area contributed by atoms with E-state index in [1.54, 1.807) is 14.2 Å². The average Bonchev–Trinajstić information content (AvgIpc) is 3.48. The van der Waals surface area contributed by atoms with E-state index < -0.39 is 24.5 Å². The van der Waals surface area contributed by atoms with Gasteiger partial charge in [0, 0.05) is 0 Å². The van der Waals surface area contributed by atoms with Gasteiger partial charge in [0.25, 0.3) is 0 Å². The van der Waals surface area contributed by atoms with Crippen LogP contribution in [-0.2, 0) is 16.0 Å². The summed E-state index contributed by atoms with van der Waals surface area (Å²) in [5.74, 6) is 2.90. The summed E-state index contributed by atoms with van der Waals surface area (Å²) in [5.41, 5.74) is 2.81. The molecule has 0 bridgehead atoms. The number of unbranched alkanes of at least 4 members (excludes halogenated alkanes) is 3. The molecular formula is C36H50O7Sn. The molecule has 3 aliphatic heterocycles. The van der Waals surface area contributed by atoms with Gasteiger partial charge >= 0.3 is 249 Å². The number of rotatable bonds is 14. The van der Waals surface area contributed by atoms with E-state index in [0.717, 1.165) is 34.6 Å². The van der Waals surface area contributed by atoms with Gasteiger partial charge in [-0.05, 0) is 0 Å². The van der Waals surface area contributed by atoms with E-state index in [9.17, 15) is 4.79 Å². The summed E-state index contributed by atoms with van der Waals surface area (Å²) in [4.78, 5) is 12.5. The van der Waals surface area contributed by atoms with E-state index >= 15 is 0 Å². The zero-order chi connectivity index (χ0) is 31.4. The van der Waals surface area contributed by atoms with Crippen molar-refractivity contribution in [2.45, 2.75) is 110 Å². The number of esters is 1.